The molecule has 0 N–H and O–H groups in total. The fourth-order valence-corrected chi connectivity index (χ4v) is 2.58. The van der Waals surface area contributed by atoms with Crippen LogP contribution in [0, 0.1) is 23.7 Å². The molecule has 2 rings (SSSR count). The highest BCUT2D eigenvalue weighted by molar-refractivity contribution is 5.85. The van der Waals surface area contributed by atoms with Gasteiger partial charge in [-0.2, -0.15) is 5.26 Å². The molecule has 1 fully saturated rings. The first kappa shape index (κ1) is 15.3. The van der Waals surface area contributed by atoms with Crippen LogP contribution in [0.4, 0.5) is 5.82 Å². The third-order valence-electron chi connectivity index (χ3n) is 3.90. The zero-order chi connectivity index (χ0) is 15.6. The van der Waals surface area contributed by atoms with Gasteiger partial charge in [0.25, 0.3) is 0 Å². The summed E-state index contributed by atoms with van der Waals surface area (Å²) in [6.07, 6.45) is 0. The molecular formula is C16H22N4O. The Morgan fingerprint density at radius 1 is 1.43 bits per heavy atom. The third kappa shape index (κ3) is 3.15. The normalized spacial score (nSPS) is 19.3. The highest BCUT2D eigenvalue weighted by atomic mass is 16.2. The smallest absolute Gasteiger partial charge is 0.242 e. The van der Waals surface area contributed by atoms with Crippen molar-refractivity contribution in [2.24, 2.45) is 5.41 Å². The van der Waals surface area contributed by atoms with Crippen LogP contribution < -0.4 is 4.90 Å². The first-order valence-corrected chi connectivity index (χ1v) is 7.26. The minimum atomic E-state index is -0.960. The van der Waals surface area contributed by atoms with Gasteiger partial charge in [0, 0.05) is 31.4 Å². The van der Waals surface area contributed by atoms with Crippen LogP contribution in [0.25, 0.3) is 0 Å². The number of anilines is 1. The first-order valence-electron chi connectivity index (χ1n) is 7.26. The number of nitrogens with zero attached hydrogens (tertiary/aromatic N) is 4. The Bertz CT molecular complexity index is 576. The molecule has 1 aromatic rings. The number of aryl methyl sites for hydroxylation is 1. The molecule has 0 radical (unpaired) electrons. The Hall–Kier alpha value is -2.09. The summed E-state index contributed by atoms with van der Waals surface area (Å²) in [4.78, 5) is 21.0. The molecule has 0 aromatic carbocycles. The van der Waals surface area contributed by atoms with Crippen LogP contribution in [0.1, 0.15) is 26.5 Å². The van der Waals surface area contributed by atoms with E-state index in [4.69, 9.17) is 5.26 Å². The van der Waals surface area contributed by atoms with Gasteiger partial charge in [0.2, 0.25) is 5.91 Å². The standard InChI is InChI=1S/C16H22N4O/c1-12-6-5-7-14(18-12)19-8-9-20(13(2)10-19)15(21)16(3,4)11-17/h5-7,13H,8-10H2,1-4H3/t13-/m1/s1. The van der Waals surface area contributed by atoms with E-state index in [1.54, 1.807) is 13.8 Å². The van der Waals surface area contributed by atoms with Crippen LogP contribution >= 0.6 is 0 Å². The Labute approximate surface area is 126 Å². The third-order valence-corrected chi connectivity index (χ3v) is 3.90. The number of hydrogen-bond donors (Lipinski definition) is 0. The molecule has 5 heteroatoms. The summed E-state index contributed by atoms with van der Waals surface area (Å²) in [6.45, 7) is 9.46. The summed E-state index contributed by atoms with van der Waals surface area (Å²) < 4.78 is 0. The molecule has 0 unspecified atom stereocenters. The van der Waals surface area contributed by atoms with E-state index in [0.29, 0.717) is 6.54 Å². The van der Waals surface area contributed by atoms with Crippen molar-refractivity contribution in [1.82, 2.24) is 9.88 Å². The molecule has 1 amide bonds. The molecule has 1 saturated heterocycles. The van der Waals surface area contributed by atoms with Crippen molar-refractivity contribution in [2.45, 2.75) is 33.7 Å². The lowest BCUT2D eigenvalue weighted by atomic mass is 9.92. The van der Waals surface area contributed by atoms with Crippen LogP contribution in [-0.4, -0.2) is 41.5 Å². The van der Waals surface area contributed by atoms with E-state index in [0.717, 1.165) is 24.6 Å². The van der Waals surface area contributed by atoms with E-state index in [2.05, 4.69) is 16.0 Å². The zero-order valence-corrected chi connectivity index (χ0v) is 13.1. The maximum atomic E-state index is 12.4. The Morgan fingerprint density at radius 2 is 2.14 bits per heavy atom. The van der Waals surface area contributed by atoms with Crippen molar-refractivity contribution in [3.63, 3.8) is 0 Å². The van der Waals surface area contributed by atoms with E-state index in [1.165, 1.54) is 0 Å². The molecule has 0 bridgehead atoms. The second-order valence-electron chi connectivity index (χ2n) is 6.17. The number of rotatable bonds is 2. The first-order chi connectivity index (χ1) is 9.85. The molecule has 1 aromatic heterocycles. The fourth-order valence-electron chi connectivity index (χ4n) is 2.58. The van der Waals surface area contributed by atoms with Gasteiger partial charge >= 0.3 is 0 Å². The van der Waals surface area contributed by atoms with E-state index in [-0.39, 0.29) is 11.9 Å². The van der Waals surface area contributed by atoms with Gasteiger partial charge in [-0.25, -0.2) is 4.98 Å². The molecule has 21 heavy (non-hydrogen) atoms. The second kappa shape index (κ2) is 5.72. The quantitative estimate of drug-likeness (QED) is 0.834. The van der Waals surface area contributed by atoms with E-state index in [9.17, 15) is 4.79 Å². The molecule has 112 valence electrons. The fraction of sp³-hybridized carbons (Fsp3) is 0.562. The van der Waals surface area contributed by atoms with Crippen molar-refractivity contribution in [1.29, 1.82) is 5.26 Å². The van der Waals surface area contributed by atoms with Gasteiger partial charge in [-0.1, -0.05) is 6.07 Å². The highest BCUT2D eigenvalue weighted by Gasteiger charge is 2.36. The Morgan fingerprint density at radius 3 is 2.71 bits per heavy atom. The number of amides is 1. The highest BCUT2D eigenvalue weighted by Crippen LogP contribution is 2.23. The Balaban J connectivity index is 2.10. The zero-order valence-electron chi connectivity index (χ0n) is 13.1. The number of aromatic nitrogens is 1. The SMILES string of the molecule is Cc1cccc(N2CCN(C(=O)C(C)(C)C#N)[C@H](C)C2)n1. The minimum absolute atomic E-state index is 0.0705. The van der Waals surface area contributed by atoms with Crippen LogP contribution in [-0.2, 0) is 4.79 Å². The van der Waals surface area contributed by atoms with Crippen LogP contribution in [0.2, 0.25) is 0 Å². The molecule has 5 nitrogen and oxygen atoms in total. The summed E-state index contributed by atoms with van der Waals surface area (Å²) in [5.74, 6) is 0.864. The minimum Gasteiger partial charge on any atom is -0.353 e. The van der Waals surface area contributed by atoms with Crippen molar-refractivity contribution >= 4 is 11.7 Å². The van der Waals surface area contributed by atoms with E-state index in [1.807, 2.05) is 36.9 Å². The molecule has 2 heterocycles. The number of hydrogen-bond acceptors (Lipinski definition) is 4. The van der Waals surface area contributed by atoms with Crippen LogP contribution in [0.15, 0.2) is 18.2 Å². The molecule has 0 aliphatic carbocycles. The topological polar surface area (TPSA) is 60.2 Å². The van der Waals surface area contributed by atoms with Gasteiger partial charge in [0.05, 0.1) is 6.07 Å². The predicted molar refractivity (Wildman–Crippen MR) is 81.8 cm³/mol. The second-order valence-corrected chi connectivity index (χ2v) is 6.17. The lowest BCUT2D eigenvalue weighted by molar-refractivity contribution is -0.140. The number of carbonyl (C=O) groups excluding carboxylic acids is 1. The summed E-state index contributed by atoms with van der Waals surface area (Å²) in [5.41, 5.74) is 0.0298. The monoisotopic (exact) mass is 286 g/mol. The van der Waals surface area contributed by atoms with Crippen molar-refractivity contribution in [3.05, 3.63) is 23.9 Å². The average molecular weight is 286 g/mol. The summed E-state index contributed by atoms with van der Waals surface area (Å²) in [6, 6.07) is 8.13. The predicted octanol–water partition coefficient (Wildman–Crippen LogP) is 1.98. The van der Waals surface area contributed by atoms with Gasteiger partial charge in [-0.05, 0) is 39.8 Å². The van der Waals surface area contributed by atoms with Crippen molar-refractivity contribution in [3.8, 4) is 6.07 Å². The van der Waals surface area contributed by atoms with E-state index >= 15 is 0 Å². The number of nitriles is 1. The molecule has 0 spiro atoms. The van der Waals surface area contributed by atoms with Crippen molar-refractivity contribution in [2.75, 3.05) is 24.5 Å². The number of carbonyl (C=O) groups is 1. The number of pyridine rings is 1. The summed E-state index contributed by atoms with van der Waals surface area (Å²) in [5, 5.41) is 9.12. The molecule has 1 aliphatic rings. The van der Waals surface area contributed by atoms with Crippen molar-refractivity contribution < 1.29 is 4.79 Å². The van der Waals surface area contributed by atoms with Crippen LogP contribution in [0.5, 0.6) is 0 Å². The number of piperazine rings is 1. The molecule has 1 atom stereocenters. The lowest BCUT2D eigenvalue weighted by Crippen LogP contribution is -2.56. The Kier molecular flexibility index (Phi) is 4.17. The summed E-state index contributed by atoms with van der Waals surface area (Å²) >= 11 is 0. The van der Waals surface area contributed by atoms with Crippen LogP contribution in [0.3, 0.4) is 0 Å². The summed E-state index contributed by atoms with van der Waals surface area (Å²) in [7, 11) is 0. The maximum Gasteiger partial charge on any atom is 0.242 e. The van der Waals surface area contributed by atoms with E-state index < -0.39 is 5.41 Å². The maximum absolute atomic E-state index is 12.4. The van der Waals surface area contributed by atoms with Gasteiger partial charge in [-0.3, -0.25) is 4.79 Å². The molecule has 1 aliphatic heterocycles. The average Bonchev–Trinajstić information content (AvgIpc) is 2.46. The lowest BCUT2D eigenvalue weighted by Gasteiger charge is -2.42. The van der Waals surface area contributed by atoms with Gasteiger partial charge in [0.15, 0.2) is 0 Å². The molecule has 0 saturated carbocycles. The van der Waals surface area contributed by atoms with Gasteiger partial charge < -0.3 is 9.80 Å². The largest absolute Gasteiger partial charge is 0.353 e. The molecular weight excluding hydrogens is 264 g/mol. The van der Waals surface area contributed by atoms with Gasteiger partial charge in [-0.15, -0.1) is 0 Å². The van der Waals surface area contributed by atoms with Gasteiger partial charge in [0.1, 0.15) is 11.2 Å².